The quantitative estimate of drug-likeness (QED) is 0.124. The molecule has 1 aliphatic carbocycles. The molecule has 0 saturated heterocycles. The van der Waals surface area contributed by atoms with Crippen LogP contribution in [0.15, 0.2) is 115 Å². The number of rotatable bonds is 5. The van der Waals surface area contributed by atoms with Crippen molar-refractivity contribution in [3.8, 4) is 44.6 Å². The smallest absolute Gasteiger partial charge is 0.304 e. The molecule has 7 rings (SSSR count). The number of fused-ring (bicyclic) bond motifs is 1. The minimum atomic E-state index is -4.48. The van der Waals surface area contributed by atoms with Crippen LogP contribution in [0.4, 0.5) is 26.3 Å². The van der Waals surface area contributed by atoms with Crippen LogP contribution in [0, 0.1) is 6.07 Å². The third kappa shape index (κ3) is 7.36. The second-order valence-corrected chi connectivity index (χ2v) is 12.4. The van der Waals surface area contributed by atoms with E-state index in [1.807, 2.05) is 48.7 Å². The first kappa shape index (κ1) is 34.6. The van der Waals surface area contributed by atoms with E-state index in [-0.39, 0.29) is 20.1 Å². The van der Waals surface area contributed by atoms with E-state index in [1.165, 1.54) is 54.5 Å². The number of halogens is 6. The van der Waals surface area contributed by atoms with Gasteiger partial charge in [-0.3, -0.25) is 0 Å². The number of nitrogens with zero attached hydrogens (tertiary/aromatic N) is 1. The van der Waals surface area contributed by atoms with E-state index in [4.69, 9.17) is 4.98 Å². The first-order valence-electron chi connectivity index (χ1n) is 15.9. The molecule has 0 spiro atoms. The fourth-order valence-corrected chi connectivity index (χ4v) is 6.78. The number of hydrogen-bond donors (Lipinski definition) is 0. The Morgan fingerprint density at radius 2 is 1.06 bits per heavy atom. The van der Waals surface area contributed by atoms with Crippen molar-refractivity contribution in [2.45, 2.75) is 50.4 Å². The van der Waals surface area contributed by atoms with Gasteiger partial charge >= 0.3 is 12.4 Å². The molecule has 0 aliphatic heterocycles. The van der Waals surface area contributed by atoms with Crippen LogP contribution in [0.25, 0.3) is 55.4 Å². The molecule has 1 nitrogen and oxygen atoms in total. The normalized spacial score (nSPS) is 14.1. The van der Waals surface area contributed by atoms with Gasteiger partial charge < -0.3 is 4.98 Å². The van der Waals surface area contributed by atoms with Gasteiger partial charge in [-0.15, -0.1) is 35.4 Å². The number of hydrogen-bond acceptors (Lipinski definition) is 1. The van der Waals surface area contributed by atoms with E-state index < -0.39 is 23.5 Å². The molecular formula is C41H30F6IrN-. The minimum Gasteiger partial charge on any atom is -0.304 e. The second kappa shape index (κ2) is 13.9. The molecule has 0 bridgehead atoms. The summed E-state index contributed by atoms with van der Waals surface area (Å²) in [5.74, 6) is 0.483. The van der Waals surface area contributed by atoms with Crippen molar-refractivity contribution in [1.82, 2.24) is 4.98 Å². The molecule has 5 aromatic carbocycles. The van der Waals surface area contributed by atoms with Crippen LogP contribution < -0.4 is 0 Å². The molecule has 0 atom stereocenters. The zero-order valence-electron chi connectivity index (χ0n) is 26.1. The third-order valence-corrected chi connectivity index (χ3v) is 9.29. The number of alkyl halides is 6. The summed E-state index contributed by atoms with van der Waals surface area (Å²) in [6, 6.07) is 32.6. The zero-order valence-corrected chi connectivity index (χ0v) is 28.5. The Morgan fingerprint density at radius 3 is 1.59 bits per heavy atom. The molecule has 1 fully saturated rings. The largest absolute Gasteiger partial charge is 0.416 e. The van der Waals surface area contributed by atoms with E-state index in [1.54, 1.807) is 6.07 Å². The summed E-state index contributed by atoms with van der Waals surface area (Å²) < 4.78 is 79.9. The minimum absolute atomic E-state index is 0. The SMILES string of the molecule is FC(F)(F)c1ccc(-c2cc(-c3ccc(C(F)(F)F)cc3)cc(-c3cc[c-]c(-c4ncc(C5CCCCC5)c5ccccc45)c3)c2)cc1.[Ir]. The van der Waals surface area contributed by atoms with Crippen LogP contribution in [0.2, 0.25) is 0 Å². The van der Waals surface area contributed by atoms with E-state index in [0.29, 0.717) is 28.2 Å². The Kier molecular flexibility index (Phi) is 9.83. The molecule has 1 aliphatic rings. The predicted octanol–water partition coefficient (Wildman–Crippen LogP) is 12.8. The first-order valence-corrected chi connectivity index (χ1v) is 15.9. The molecule has 1 aromatic heterocycles. The molecule has 0 unspecified atom stereocenters. The van der Waals surface area contributed by atoms with Crippen molar-refractivity contribution in [2.75, 3.05) is 0 Å². The standard InChI is InChI=1S/C41H30F6N.Ir/c42-40(43,44)34-17-13-26(14-18-34)31-22-32(27-15-19-35(20-16-27)41(45,46)47)24-33(23-31)29-9-6-10-30(21-29)39-37-12-5-4-11-36(37)38(25-48-39)28-7-2-1-3-8-28;/h4-6,9,11-25,28H,1-3,7-8H2;/q-1;. The third-order valence-electron chi connectivity index (χ3n) is 9.29. The summed E-state index contributed by atoms with van der Waals surface area (Å²) in [5, 5.41) is 2.22. The summed E-state index contributed by atoms with van der Waals surface area (Å²) >= 11 is 0. The summed E-state index contributed by atoms with van der Waals surface area (Å²) in [6.07, 6.45) is -0.936. The van der Waals surface area contributed by atoms with Crippen molar-refractivity contribution in [3.63, 3.8) is 0 Å². The molecule has 49 heavy (non-hydrogen) atoms. The Morgan fingerprint density at radius 1 is 0.551 bits per heavy atom. The maximum absolute atomic E-state index is 13.3. The molecule has 6 aromatic rings. The number of pyridine rings is 1. The van der Waals surface area contributed by atoms with Crippen LogP contribution in [-0.2, 0) is 32.5 Å². The van der Waals surface area contributed by atoms with Crippen molar-refractivity contribution >= 4 is 10.8 Å². The molecule has 251 valence electrons. The van der Waals surface area contributed by atoms with E-state index >= 15 is 0 Å². The molecule has 0 amide bonds. The average Bonchev–Trinajstić information content (AvgIpc) is 3.11. The Hall–Kier alpha value is -4.26. The van der Waals surface area contributed by atoms with Gasteiger partial charge in [0.25, 0.3) is 0 Å². The predicted molar refractivity (Wildman–Crippen MR) is 178 cm³/mol. The van der Waals surface area contributed by atoms with Gasteiger partial charge in [0.1, 0.15) is 0 Å². The van der Waals surface area contributed by atoms with Gasteiger partial charge in [-0.2, -0.15) is 26.3 Å². The Bertz CT molecular complexity index is 2000. The monoisotopic (exact) mass is 843 g/mol. The maximum atomic E-state index is 13.3. The first-order chi connectivity index (χ1) is 23.0. The molecule has 8 heteroatoms. The van der Waals surface area contributed by atoms with Gasteiger partial charge in [-0.25, -0.2) is 0 Å². The second-order valence-electron chi connectivity index (χ2n) is 12.4. The van der Waals surface area contributed by atoms with E-state index in [0.717, 1.165) is 64.9 Å². The summed E-state index contributed by atoms with van der Waals surface area (Å²) in [5.41, 5.74) is 5.26. The van der Waals surface area contributed by atoms with Gasteiger partial charge in [0.05, 0.1) is 11.1 Å². The van der Waals surface area contributed by atoms with Gasteiger partial charge in [0, 0.05) is 26.3 Å². The Balaban J connectivity index is 0.00000417. The van der Waals surface area contributed by atoms with Crippen LogP contribution in [-0.4, -0.2) is 4.98 Å². The van der Waals surface area contributed by atoms with E-state index in [2.05, 4.69) is 18.2 Å². The molecule has 0 N–H and O–H groups in total. The van der Waals surface area contributed by atoms with Gasteiger partial charge in [0.15, 0.2) is 0 Å². The van der Waals surface area contributed by atoms with Crippen LogP contribution in [0.5, 0.6) is 0 Å². The van der Waals surface area contributed by atoms with Crippen molar-refractivity contribution in [2.24, 2.45) is 0 Å². The molecule has 1 radical (unpaired) electrons. The van der Waals surface area contributed by atoms with Gasteiger partial charge in [-0.05, 0) is 111 Å². The van der Waals surface area contributed by atoms with Gasteiger partial charge in [0.2, 0.25) is 0 Å². The Labute approximate surface area is 294 Å². The molecular weight excluding hydrogens is 813 g/mol. The van der Waals surface area contributed by atoms with Crippen molar-refractivity contribution in [1.29, 1.82) is 0 Å². The molecule has 1 saturated carbocycles. The number of benzene rings is 5. The van der Waals surface area contributed by atoms with Crippen LogP contribution in [0.3, 0.4) is 0 Å². The number of aromatic nitrogens is 1. The average molecular weight is 843 g/mol. The maximum Gasteiger partial charge on any atom is 0.416 e. The van der Waals surface area contributed by atoms with Gasteiger partial charge in [-0.1, -0.05) is 67.8 Å². The zero-order chi connectivity index (χ0) is 33.5. The van der Waals surface area contributed by atoms with E-state index in [9.17, 15) is 26.3 Å². The van der Waals surface area contributed by atoms with Crippen molar-refractivity contribution in [3.05, 3.63) is 138 Å². The van der Waals surface area contributed by atoms with Crippen molar-refractivity contribution < 1.29 is 46.4 Å². The van der Waals surface area contributed by atoms with Crippen LogP contribution in [0.1, 0.15) is 54.7 Å². The topological polar surface area (TPSA) is 12.9 Å². The van der Waals surface area contributed by atoms with Crippen LogP contribution >= 0.6 is 0 Å². The fraction of sp³-hybridized carbons (Fsp3) is 0.195. The molecule has 1 heterocycles. The fourth-order valence-electron chi connectivity index (χ4n) is 6.78. The summed E-state index contributed by atoms with van der Waals surface area (Å²) in [7, 11) is 0. The summed E-state index contributed by atoms with van der Waals surface area (Å²) in [4.78, 5) is 4.96. The summed E-state index contributed by atoms with van der Waals surface area (Å²) in [6.45, 7) is 0.